The largest absolute Gasteiger partial charge is 0.372 e. The quantitative estimate of drug-likeness (QED) is 0.404. The molecule has 2 N–H and O–H groups in total. The topological polar surface area (TPSA) is 73.8 Å². The van der Waals surface area contributed by atoms with Crippen LogP contribution in [-0.2, 0) is 4.79 Å². The number of rotatable bonds is 8. The second kappa shape index (κ2) is 10.2. The number of nitrogens with zero attached hydrogens (tertiary/aromatic N) is 2. The maximum atomic E-state index is 12.4. The van der Waals surface area contributed by atoms with Gasteiger partial charge in [0.15, 0.2) is 0 Å². The minimum atomic E-state index is -0.420. The molecule has 2 amide bonds. The van der Waals surface area contributed by atoms with E-state index in [0.29, 0.717) is 9.90 Å². The van der Waals surface area contributed by atoms with E-state index < -0.39 is 5.91 Å². The lowest BCUT2D eigenvalue weighted by molar-refractivity contribution is -0.120. The average Bonchev–Trinajstić information content (AvgIpc) is 3.11. The first-order chi connectivity index (χ1) is 14.5. The molecule has 3 aromatic rings. The second-order valence-electron chi connectivity index (χ2n) is 6.48. The number of thiophene rings is 1. The summed E-state index contributed by atoms with van der Waals surface area (Å²) in [5.41, 5.74) is 4.42. The van der Waals surface area contributed by atoms with Crippen molar-refractivity contribution in [2.75, 3.05) is 24.5 Å². The van der Waals surface area contributed by atoms with Gasteiger partial charge in [-0.25, -0.2) is 5.43 Å². The molecule has 0 atom stereocenters. The Morgan fingerprint density at radius 2 is 1.80 bits per heavy atom. The zero-order valence-electron chi connectivity index (χ0n) is 16.8. The van der Waals surface area contributed by atoms with Crippen molar-refractivity contribution in [2.24, 2.45) is 5.10 Å². The molecule has 3 rings (SSSR count). The number of carbonyl (C=O) groups is 2. The van der Waals surface area contributed by atoms with E-state index in [9.17, 15) is 9.59 Å². The standard InChI is InChI=1S/C22H23ClN4O2S/c1-3-27(4-2)16-11-9-15(10-12-16)13-25-26-19(28)14-24-22(29)21-20(23)17-7-5-6-8-18(17)30-21/h5-13H,3-4,14H2,1-2H3,(H,24,29)(H,26,28)/b25-13+. The predicted molar refractivity (Wildman–Crippen MR) is 125 cm³/mol. The SMILES string of the molecule is CCN(CC)c1ccc(/C=N/NC(=O)CNC(=O)c2sc3ccccc3c2Cl)cc1. The summed E-state index contributed by atoms with van der Waals surface area (Å²) < 4.78 is 0.925. The molecular weight excluding hydrogens is 420 g/mol. The highest BCUT2D eigenvalue weighted by Crippen LogP contribution is 2.34. The number of nitrogens with one attached hydrogen (secondary N) is 2. The molecule has 0 aliphatic heterocycles. The predicted octanol–water partition coefficient (Wildman–Crippen LogP) is 4.28. The summed E-state index contributed by atoms with van der Waals surface area (Å²) in [6.45, 7) is 5.92. The molecule has 30 heavy (non-hydrogen) atoms. The fourth-order valence-electron chi connectivity index (χ4n) is 2.98. The number of carbonyl (C=O) groups excluding carboxylic acids is 2. The first-order valence-corrected chi connectivity index (χ1v) is 10.8. The van der Waals surface area contributed by atoms with Crippen LogP contribution in [0.25, 0.3) is 10.1 Å². The minimum Gasteiger partial charge on any atom is -0.372 e. The van der Waals surface area contributed by atoms with Gasteiger partial charge in [0.25, 0.3) is 11.8 Å². The van der Waals surface area contributed by atoms with E-state index in [1.807, 2.05) is 48.5 Å². The number of amides is 2. The van der Waals surface area contributed by atoms with Gasteiger partial charge >= 0.3 is 0 Å². The van der Waals surface area contributed by atoms with E-state index in [1.165, 1.54) is 11.3 Å². The zero-order chi connectivity index (χ0) is 21.5. The summed E-state index contributed by atoms with van der Waals surface area (Å²) in [6.07, 6.45) is 1.56. The highest BCUT2D eigenvalue weighted by Gasteiger charge is 2.17. The van der Waals surface area contributed by atoms with Crippen molar-refractivity contribution in [3.63, 3.8) is 0 Å². The maximum Gasteiger partial charge on any atom is 0.263 e. The van der Waals surface area contributed by atoms with E-state index in [2.05, 4.69) is 34.6 Å². The van der Waals surface area contributed by atoms with Crippen LogP contribution in [-0.4, -0.2) is 37.7 Å². The Hall–Kier alpha value is -2.90. The minimum absolute atomic E-state index is 0.193. The van der Waals surface area contributed by atoms with E-state index in [4.69, 9.17) is 11.6 Å². The zero-order valence-corrected chi connectivity index (χ0v) is 18.4. The van der Waals surface area contributed by atoms with Crippen LogP contribution in [0.4, 0.5) is 5.69 Å². The Bertz CT molecular complexity index is 1060. The molecule has 0 unspecified atom stereocenters. The van der Waals surface area contributed by atoms with E-state index in [0.717, 1.165) is 34.4 Å². The Morgan fingerprint density at radius 3 is 2.47 bits per heavy atom. The number of anilines is 1. The first-order valence-electron chi connectivity index (χ1n) is 9.65. The number of hydrazone groups is 1. The third kappa shape index (κ3) is 5.17. The van der Waals surface area contributed by atoms with Crippen LogP contribution in [0.5, 0.6) is 0 Å². The van der Waals surface area contributed by atoms with E-state index >= 15 is 0 Å². The molecule has 0 aliphatic carbocycles. The lowest BCUT2D eigenvalue weighted by atomic mass is 10.2. The number of hydrogen-bond donors (Lipinski definition) is 2. The molecule has 0 bridgehead atoms. The van der Waals surface area contributed by atoms with Crippen LogP contribution in [0, 0.1) is 0 Å². The van der Waals surface area contributed by atoms with Crippen molar-refractivity contribution in [3.8, 4) is 0 Å². The van der Waals surface area contributed by atoms with Crippen molar-refractivity contribution in [3.05, 3.63) is 64.0 Å². The number of benzene rings is 2. The van der Waals surface area contributed by atoms with Gasteiger partial charge in [-0.15, -0.1) is 11.3 Å². The molecule has 0 radical (unpaired) electrons. The summed E-state index contributed by atoms with van der Waals surface area (Å²) in [7, 11) is 0. The summed E-state index contributed by atoms with van der Waals surface area (Å²) >= 11 is 7.59. The van der Waals surface area contributed by atoms with Crippen molar-refractivity contribution < 1.29 is 9.59 Å². The number of hydrogen-bond acceptors (Lipinski definition) is 5. The number of fused-ring (bicyclic) bond motifs is 1. The molecular formula is C22H23ClN4O2S. The van der Waals surface area contributed by atoms with Gasteiger partial charge in [-0.2, -0.15) is 5.10 Å². The van der Waals surface area contributed by atoms with Crippen LogP contribution < -0.4 is 15.6 Å². The average molecular weight is 443 g/mol. The second-order valence-corrected chi connectivity index (χ2v) is 7.91. The van der Waals surface area contributed by atoms with Crippen molar-refractivity contribution in [2.45, 2.75) is 13.8 Å². The first kappa shape index (κ1) is 21.8. The molecule has 2 aromatic carbocycles. The monoisotopic (exact) mass is 442 g/mol. The van der Waals surface area contributed by atoms with Crippen molar-refractivity contribution >= 4 is 56.7 Å². The van der Waals surface area contributed by atoms with E-state index in [-0.39, 0.29) is 12.5 Å². The lowest BCUT2D eigenvalue weighted by Gasteiger charge is -2.20. The van der Waals surface area contributed by atoms with Crippen LogP contribution in [0.2, 0.25) is 5.02 Å². The molecule has 0 fully saturated rings. The highest BCUT2D eigenvalue weighted by atomic mass is 35.5. The van der Waals surface area contributed by atoms with Gasteiger partial charge in [-0.1, -0.05) is 41.9 Å². The van der Waals surface area contributed by atoms with Gasteiger partial charge in [0, 0.05) is 28.9 Å². The van der Waals surface area contributed by atoms with Gasteiger partial charge in [-0.05, 0) is 37.6 Å². The summed E-state index contributed by atoms with van der Waals surface area (Å²) in [5, 5.41) is 7.76. The molecule has 0 saturated heterocycles. The van der Waals surface area contributed by atoms with Gasteiger partial charge in [0.1, 0.15) is 4.88 Å². The molecule has 0 saturated carbocycles. The number of halogens is 1. The van der Waals surface area contributed by atoms with Gasteiger partial charge in [-0.3, -0.25) is 9.59 Å². The van der Waals surface area contributed by atoms with Crippen LogP contribution in [0.1, 0.15) is 29.1 Å². The summed E-state index contributed by atoms with van der Waals surface area (Å²) in [4.78, 5) is 27.0. The maximum absolute atomic E-state index is 12.4. The van der Waals surface area contributed by atoms with Crippen LogP contribution in [0.3, 0.4) is 0 Å². The third-order valence-corrected chi connectivity index (χ3v) is 6.25. The lowest BCUT2D eigenvalue weighted by Crippen LogP contribution is -2.34. The normalized spacial score (nSPS) is 11.0. The summed E-state index contributed by atoms with van der Waals surface area (Å²) in [6, 6.07) is 15.4. The Balaban J connectivity index is 1.50. The van der Waals surface area contributed by atoms with Crippen molar-refractivity contribution in [1.29, 1.82) is 0 Å². The Kier molecular flexibility index (Phi) is 7.43. The molecule has 1 aromatic heterocycles. The van der Waals surface area contributed by atoms with Crippen LogP contribution >= 0.6 is 22.9 Å². The molecule has 8 heteroatoms. The molecule has 6 nitrogen and oxygen atoms in total. The molecule has 1 heterocycles. The van der Waals surface area contributed by atoms with Gasteiger partial charge in [0.05, 0.1) is 17.8 Å². The molecule has 0 aliphatic rings. The van der Waals surface area contributed by atoms with Crippen LogP contribution in [0.15, 0.2) is 53.6 Å². The summed E-state index contributed by atoms with van der Waals surface area (Å²) in [5.74, 6) is -0.802. The van der Waals surface area contributed by atoms with Gasteiger partial charge in [0.2, 0.25) is 0 Å². The van der Waals surface area contributed by atoms with E-state index in [1.54, 1.807) is 6.21 Å². The fourth-order valence-corrected chi connectivity index (χ4v) is 4.41. The fraction of sp³-hybridized carbons (Fsp3) is 0.227. The third-order valence-electron chi connectivity index (χ3n) is 4.58. The van der Waals surface area contributed by atoms with Gasteiger partial charge < -0.3 is 10.2 Å². The molecule has 156 valence electrons. The van der Waals surface area contributed by atoms with Crippen molar-refractivity contribution in [1.82, 2.24) is 10.7 Å². The Morgan fingerprint density at radius 1 is 1.10 bits per heavy atom. The smallest absolute Gasteiger partial charge is 0.263 e. The Labute approximate surface area is 184 Å². The molecule has 0 spiro atoms. The highest BCUT2D eigenvalue weighted by molar-refractivity contribution is 7.21.